The van der Waals surface area contributed by atoms with Gasteiger partial charge in [0.25, 0.3) is 5.56 Å². The standard InChI is InChI=1S/C18H16ClN3O2/c1-12-17(11-20-14-6-8-16(24-2)9-7-14)18(23)22(21-12)15-5-3-4-13(19)10-15/h3-11,21H,1-2H3. The zero-order chi connectivity index (χ0) is 17.1. The number of benzene rings is 2. The first-order chi connectivity index (χ1) is 11.6. The SMILES string of the molecule is COc1ccc(N=Cc2c(C)[nH]n(-c3cccc(Cl)c3)c2=O)cc1. The largest absolute Gasteiger partial charge is 0.497 e. The summed E-state index contributed by atoms with van der Waals surface area (Å²) in [5.74, 6) is 0.759. The van der Waals surface area contributed by atoms with Crippen LogP contribution in [0, 0.1) is 6.92 Å². The number of methoxy groups -OCH3 is 1. The van der Waals surface area contributed by atoms with Crippen LogP contribution in [0.2, 0.25) is 5.02 Å². The first kappa shape index (κ1) is 16.1. The zero-order valence-corrected chi connectivity index (χ0v) is 14.0. The number of nitrogens with one attached hydrogen (secondary N) is 1. The first-order valence-electron chi connectivity index (χ1n) is 7.34. The van der Waals surface area contributed by atoms with E-state index in [4.69, 9.17) is 16.3 Å². The molecule has 1 N–H and O–H groups in total. The fraction of sp³-hybridized carbons (Fsp3) is 0.111. The molecule has 0 bridgehead atoms. The highest BCUT2D eigenvalue weighted by Gasteiger charge is 2.10. The van der Waals surface area contributed by atoms with Crippen LogP contribution in [0.5, 0.6) is 5.75 Å². The quantitative estimate of drug-likeness (QED) is 0.732. The van der Waals surface area contributed by atoms with E-state index in [1.807, 2.05) is 37.3 Å². The van der Waals surface area contributed by atoms with Gasteiger partial charge in [-0.2, -0.15) is 0 Å². The van der Waals surface area contributed by atoms with Gasteiger partial charge in [-0.25, -0.2) is 4.68 Å². The Morgan fingerprint density at radius 2 is 1.96 bits per heavy atom. The smallest absolute Gasteiger partial charge is 0.280 e. The number of aliphatic imine (C=N–C) groups is 1. The molecular formula is C18H16ClN3O2. The summed E-state index contributed by atoms with van der Waals surface area (Å²) in [6, 6.07) is 14.4. The van der Waals surface area contributed by atoms with Crippen molar-refractivity contribution in [2.45, 2.75) is 6.92 Å². The molecule has 122 valence electrons. The molecule has 0 unspecified atom stereocenters. The Bertz CT molecular complexity index is 940. The molecule has 0 atom stereocenters. The summed E-state index contributed by atoms with van der Waals surface area (Å²) in [6.45, 7) is 1.83. The maximum absolute atomic E-state index is 12.6. The minimum Gasteiger partial charge on any atom is -0.497 e. The fourth-order valence-electron chi connectivity index (χ4n) is 2.32. The highest BCUT2D eigenvalue weighted by molar-refractivity contribution is 6.30. The molecule has 1 aromatic heterocycles. The van der Waals surface area contributed by atoms with Crippen LogP contribution in [0.4, 0.5) is 5.69 Å². The number of halogens is 1. The second kappa shape index (κ2) is 6.76. The van der Waals surface area contributed by atoms with E-state index in [0.717, 1.165) is 17.1 Å². The second-order valence-electron chi connectivity index (χ2n) is 5.23. The minimum atomic E-state index is -0.174. The maximum atomic E-state index is 12.6. The maximum Gasteiger partial charge on any atom is 0.280 e. The molecule has 0 radical (unpaired) electrons. The van der Waals surface area contributed by atoms with Crippen molar-refractivity contribution in [1.29, 1.82) is 0 Å². The molecule has 0 saturated carbocycles. The lowest BCUT2D eigenvalue weighted by Crippen LogP contribution is -2.17. The highest BCUT2D eigenvalue weighted by atomic mass is 35.5. The lowest BCUT2D eigenvalue weighted by molar-refractivity contribution is 0.415. The molecule has 0 amide bonds. The zero-order valence-electron chi connectivity index (χ0n) is 13.3. The first-order valence-corrected chi connectivity index (χ1v) is 7.72. The van der Waals surface area contributed by atoms with E-state index in [1.54, 1.807) is 31.5 Å². The van der Waals surface area contributed by atoms with E-state index in [9.17, 15) is 4.79 Å². The number of aryl methyl sites for hydroxylation is 1. The fourth-order valence-corrected chi connectivity index (χ4v) is 2.50. The molecule has 0 aliphatic heterocycles. The van der Waals surface area contributed by atoms with Gasteiger partial charge in [-0.1, -0.05) is 17.7 Å². The lowest BCUT2D eigenvalue weighted by Gasteiger charge is -2.01. The van der Waals surface area contributed by atoms with Gasteiger partial charge in [0.05, 0.1) is 24.0 Å². The number of H-pyrrole nitrogens is 1. The molecule has 0 fully saturated rings. The Balaban J connectivity index is 1.94. The lowest BCUT2D eigenvalue weighted by atomic mass is 10.2. The van der Waals surface area contributed by atoms with Crippen LogP contribution >= 0.6 is 11.6 Å². The van der Waals surface area contributed by atoms with E-state index in [2.05, 4.69) is 10.1 Å². The molecule has 0 saturated heterocycles. The van der Waals surface area contributed by atoms with E-state index in [0.29, 0.717) is 16.3 Å². The van der Waals surface area contributed by atoms with Crippen LogP contribution in [-0.4, -0.2) is 23.1 Å². The van der Waals surface area contributed by atoms with Gasteiger partial charge >= 0.3 is 0 Å². The summed E-state index contributed by atoms with van der Waals surface area (Å²) in [7, 11) is 1.61. The summed E-state index contributed by atoms with van der Waals surface area (Å²) < 4.78 is 6.57. The molecule has 5 nitrogen and oxygen atoms in total. The van der Waals surface area contributed by atoms with E-state index in [1.165, 1.54) is 4.68 Å². The van der Waals surface area contributed by atoms with Gasteiger partial charge in [0.2, 0.25) is 0 Å². The number of ether oxygens (including phenoxy) is 1. The Labute approximate surface area is 144 Å². The monoisotopic (exact) mass is 341 g/mol. The third-order valence-corrected chi connectivity index (χ3v) is 3.83. The van der Waals surface area contributed by atoms with Crippen LogP contribution in [0.15, 0.2) is 58.3 Å². The van der Waals surface area contributed by atoms with Crippen molar-refractivity contribution in [2.75, 3.05) is 7.11 Å². The number of rotatable bonds is 4. The van der Waals surface area contributed by atoms with Crippen LogP contribution in [0.3, 0.4) is 0 Å². The normalized spacial score (nSPS) is 11.1. The number of nitrogens with zero attached hydrogens (tertiary/aromatic N) is 2. The van der Waals surface area contributed by atoms with Gasteiger partial charge < -0.3 is 4.74 Å². The molecule has 24 heavy (non-hydrogen) atoms. The predicted octanol–water partition coefficient (Wildman–Crippen LogP) is 3.89. The van der Waals surface area contributed by atoms with Gasteiger partial charge in [0, 0.05) is 16.9 Å². The minimum absolute atomic E-state index is 0.174. The van der Waals surface area contributed by atoms with Crippen LogP contribution < -0.4 is 10.3 Å². The van der Waals surface area contributed by atoms with Crippen molar-refractivity contribution in [1.82, 2.24) is 9.78 Å². The van der Waals surface area contributed by atoms with Crippen molar-refractivity contribution >= 4 is 23.5 Å². The Hall–Kier alpha value is -2.79. The van der Waals surface area contributed by atoms with Crippen LogP contribution in [-0.2, 0) is 0 Å². The summed E-state index contributed by atoms with van der Waals surface area (Å²) in [6.07, 6.45) is 1.57. The number of aromatic nitrogens is 2. The summed E-state index contributed by atoms with van der Waals surface area (Å²) in [4.78, 5) is 17.0. The highest BCUT2D eigenvalue weighted by Crippen LogP contribution is 2.18. The molecule has 3 aromatic rings. The summed E-state index contributed by atoms with van der Waals surface area (Å²) in [5, 5.41) is 3.61. The van der Waals surface area contributed by atoms with E-state index in [-0.39, 0.29) is 5.56 Å². The van der Waals surface area contributed by atoms with Gasteiger partial charge in [-0.15, -0.1) is 0 Å². The van der Waals surface area contributed by atoms with Gasteiger partial charge in [-0.3, -0.25) is 14.9 Å². The molecule has 0 spiro atoms. The van der Waals surface area contributed by atoms with Crippen molar-refractivity contribution in [3.05, 3.63) is 75.2 Å². The Morgan fingerprint density at radius 3 is 2.62 bits per heavy atom. The Morgan fingerprint density at radius 1 is 1.21 bits per heavy atom. The van der Waals surface area contributed by atoms with Gasteiger partial charge in [-0.05, 0) is 49.4 Å². The van der Waals surface area contributed by atoms with Crippen molar-refractivity contribution in [3.8, 4) is 11.4 Å². The summed E-state index contributed by atoms with van der Waals surface area (Å²) in [5.41, 5.74) is 2.49. The third kappa shape index (κ3) is 3.26. The molecular weight excluding hydrogens is 326 g/mol. The second-order valence-corrected chi connectivity index (χ2v) is 5.66. The van der Waals surface area contributed by atoms with E-state index >= 15 is 0 Å². The van der Waals surface area contributed by atoms with Crippen molar-refractivity contribution < 1.29 is 4.74 Å². The molecule has 2 aromatic carbocycles. The molecule has 0 aliphatic carbocycles. The van der Waals surface area contributed by atoms with E-state index < -0.39 is 0 Å². The van der Waals surface area contributed by atoms with Crippen LogP contribution in [0.1, 0.15) is 11.3 Å². The van der Waals surface area contributed by atoms with Crippen molar-refractivity contribution in [2.24, 2.45) is 4.99 Å². The third-order valence-electron chi connectivity index (χ3n) is 3.60. The molecule has 0 aliphatic rings. The van der Waals surface area contributed by atoms with Crippen LogP contribution in [0.25, 0.3) is 5.69 Å². The Kier molecular flexibility index (Phi) is 4.53. The van der Waals surface area contributed by atoms with Crippen molar-refractivity contribution in [3.63, 3.8) is 0 Å². The number of aromatic amines is 1. The van der Waals surface area contributed by atoms with Gasteiger partial charge in [0.15, 0.2) is 0 Å². The molecule has 6 heteroatoms. The summed E-state index contributed by atoms with van der Waals surface area (Å²) >= 11 is 5.99. The molecule has 3 rings (SSSR count). The number of hydrogen-bond donors (Lipinski definition) is 1. The average Bonchev–Trinajstić information content (AvgIpc) is 2.88. The van der Waals surface area contributed by atoms with Gasteiger partial charge in [0.1, 0.15) is 5.75 Å². The topological polar surface area (TPSA) is 59.4 Å². The number of hydrogen-bond acceptors (Lipinski definition) is 3. The predicted molar refractivity (Wildman–Crippen MR) is 96.4 cm³/mol. The average molecular weight is 342 g/mol. The molecule has 1 heterocycles.